The Morgan fingerprint density at radius 2 is 1.56 bits per heavy atom. The minimum atomic E-state index is 0.434. The summed E-state index contributed by atoms with van der Waals surface area (Å²) in [7, 11) is 0. The Kier molecular flexibility index (Phi) is 5.13. The van der Waals surface area contributed by atoms with Crippen molar-refractivity contribution in [3.8, 4) is 11.4 Å². The highest BCUT2D eigenvalue weighted by atomic mass is 14.8. The third-order valence-corrected chi connectivity index (χ3v) is 4.31. The molecule has 0 amide bonds. The van der Waals surface area contributed by atoms with Gasteiger partial charge in [0.05, 0.1) is 29.0 Å². The van der Waals surface area contributed by atoms with E-state index in [-0.39, 0.29) is 0 Å². The highest BCUT2D eigenvalue weighted by molar-refractivity contribution is 5.81. The van der Waals surface area contributed by atoms with Crippen LogP contribution in [0.2, 0.25) is 0 Å². The van der Waals surface area contributed by atoms with Gasteiger partial charge in [0.25, 0.3) is 0 Å². The van der Waals surface area contributed by atoms with Crippen LogP contribution in [0.15, 0.2) is 59.7 Å². The minimum Gasteiger partial charge on any atom is -0.360 e. The molecule has 3 rings (SSSR count). The third kappa shape index (κ3) is 3.87. The summed E-state index contributed by atoms with van der Waals surface area (Å²) in [5, 5.41) is 0. The molecule has 0 atom stereocenters. The van der Waals surface area contributed by atoms with E-state index in [0.717, 1.165) is 22.8 Å². The van der Waals surface area contributed by atoms with Crippen molar-refractivity contribution in [3.05, 3.63) is 71.5 Å². The standard InChI is InChI=1S/C22H25N3/c1-15(2)18-9-6-10-19(16(3)4)22(18)24-14-17-8-5-11-21(25-17)20-12-7-13-23-20/h5-16,23H,1-4H3. The molecule has 0 radical (unpaired) electrons. The number of nitrogens with zero attached hydrogens (tertiary/aromatic N) is 2. The van der Waals surface area contributed by atoms with E-state index in [9.17, 15) is 0 Å². The minimum absolute atomic E-state index is 0.434. The van der Waals surface area contributed by atoms with E-state index in [2.05, 4.69) is 50.9 Å². The predicted molar refractivity (Wildman–Crippen MR) is 106 cm³/mol. The molecule has 1 aromatic carbocycles. The van der Waals surface area contributed by atoms with Gasteiger partial charge in [0.2, 0.25) is 0 Å². The van der Waals surface area contributed by atoms with Crippen LogP contribution in [0.4, 0.5) is 5.69 Å². The lowest BCUT2D eigenvalue weighted by molar-refractivity contribution is 0.835. The van der Waals surface area contributed by atoms with Crippen molar-refractivity contribution in [2.45, 2.75) is 39.5 Å². The van der Waals surface area contributed by atoms with Gasteiger partial charge in [-0.25, -0.2) is 4.98 Å². The maximum absolute atomic E-state index is 4.84. The van der Waals surface area contributed by atoms with E-state index in [1.54, 1.807) is 0 Å². The maximum Gasteiger partial charge on any atom is 0.0872 e. The molecule has 1 N–H and O–H groups in total. The molecule has 0 unspecified atom stereocenters. The number of para-hydroxylation sites is 1. The van der Waals surface area contributed by atoms with Crippen molar-refractivity contribution in [3.63, 3.8) is 0 Å². The first-order valence-corrected chi connectivity index (χ1v) is 8.84. The van der Waals surface area contributed by atoms with Crippen LogP contribution in [-0.4, -0.2) is 16.2 Å². The average molecular weight is 331 g/mol. The van der Waals surface area contributed by atoms with E-state index in [4.69, 9.17) is 9.98 Å². The highest BCUT2D eigenvalue weighted by Gasteiger charge is 2.12. The predicted octanol–water partition coefficient (Wildman–Crippen LogP) is 6.07. The lowest BCUT2D eigenvalue weighted by atomic mass is 9.93. The van der Waals surface area contributed by atoms with E-state index in [1.165, 1.54) is 11.1 Å². The van der Waals surface area contributed by atoms with Crippen molar-refractivity contribution < 1.29 is 0 Å². The number of H-pyrrole nitrogens is 1. The van der Waals surface area contributed by atoms with Gasteiger partial charge in [-0.2, -0.15) is 0 Å². The van der Waals surface area contributed by atoms with Crippen LogP contribution in [0.25, 0.3) is 11.4 Å². The molecule has 25 heavy (non-hydrogen) atoms. The van der Waals surface area contributed by atoms with E-state index < -0.39 is 0 Å². The largest absolute Gasteiger partial charge is 0.360 e. The summed E-state index contributed by atoms with van der Waals surface area (Å²) in [6.07, 6.45) is 3.78. The van der Waals surface area contributed by atoms with Crippen LogP contribution in [0.5, 0.6) is 0 Å². The Morgan fingerprint density at radius 1 is 0.880 bits per heavy atom. The smallest absolute Gasteiger partial charge is 0.0872 e. The van der Waals surface area contributed by atoms with Gasteiger partial charge < -0.3 is 4.98 Å². The first-order valence-electron chi connectivity index (χ1n) is 8.84. The third-order valence-electron chi connectivity index (χ3n) is 4.31. The topological polar surface area (TPSA) is 41.0 Å². The fraction of sp³-hybridized carbons (Fsp3) is 0.273. The zero-order valence-electron chi connectivity index (χ0n) is 15.3. The molecule has 0 aliphatic heterocycles. The summed E-state index contributed by atoms with van der Waals surface area (Å²) in [6.45, 7) is 8.84. The fourth-order valence-corrected chi connectivity index (χ4v) is 2.95. The summed E-state index contributed by atoms with van der Waals surface area (Å²) >= 11 is 0. The number of aromatic amines is 1. The number of nitrogens with one attached hydrogen (secondary N) is 1. The van der Waals surface area contributed by atoms with Gasteiger partial charge >= 0.3 is 0 Å². The fourth-order valence-electron chi connectivity index (χ4n) is 2.95. The van der Waals surface area contributed by atoms with Crippen LogP contribution >= 0.6 is 0 Å². The molecular formula is C22H25N3. The summed E-state index contributed by atoms with van der Waals surface area (Å²) in [6, 6.07) is 16.5. The highest BCUT2D eigenvalue weighted by Crippen LogP contribution is 2.34. The molecule has 0 saturated heterocycles. The number of rotatable bonds is 5. The van der Waals surface area contributed by atoms with Crippen LogP contribution in [-0.2, 0) is 0 Å². The molecule has 2 heterocycles. The van der Waals surface area contributed by atoms with Gasteiger partial charge in [-0.15, -0.1) is 0 Å². The maximum atomic E-state index is 4.84. The Labute approximate surface area is 149 Å². The molecule has 0 fully saturated rings. The molecule has 0 saturated carbocycles. The van der Waals surface area contributed by atoms with Gasteiger partial charge in [-0.05, 0) is 47.2 Å². The summed E-state index contributed by atoms with van der Waals surface area (Å²) < 4.78 is 0. The zero-order valence-corrected chi connectivity index (χ0v) is 15.3. The van der Waals surface area contributed by atoms with Gasteiger partial charge in [0, 0.05) is 6.20 Å². The lowest BCUT2D eigenvalue weighted by Gasteiger charge is -2.16. The van der Waals surface area contributed by atoms with Gasteiger partial charge in [0.15, 0.2) is 0 Å². The molecule has 0 bridgehead atoms. The van der Waals surface area contributed by atoms with Gasteiger partial charge in [-0.3, -0.25) is 4.99 Å². The van der Waals surface area contributed by atoms with Crippen molar-refractivity contribution in [2.24, 2.45) is 4.99 Å². The number of aliphatic imine (C=N–C) groups is 1. The summed E-state index contributed by atoms with van der Waals surface area (Å²) in [5.74, 6) is 0.869. The molecule has 3 nitrogen and oxygen atoms in total. The van der Waals surface area contributed by atoms with E-state index >= 15 is 0 Å². The first-order chi connectivity index (χ1) is 12.1. The molecule has 128 valence electrons. The Balaban J connectivity index is 1.99. The first kappa shape index (κ1) is 17.2. The molecule has 3 heteroatoms. The SMILES string of the molecule is CC(C)c1cccc(C(C)C)c1N=Cc1cccc(-c2ccc[nH]2)n1. The normalized spacial score (nSPS) is 11.8. The molecule has 0 aliphatic rings. The average Bonchev–Trinajstić information content (AvgIpc) is 3.14. The van der Waals surface area contributed by atoms with E-state index in [1.807, 2.05) is 42.7 Å². The van der Waals surface area contributed by atoms with Gasteiger partial charge in [-0.1, -0.05) is 52.0 Å². The number of aromatic nitrogens is 2. The van der Waals surface area contributed by atoms with Gasteiger partial charge in [0.1, 0.15) is 0 Å². The van der Waals surface area contributed by atoms with Crippen molar-refractivity contribution in [2.75, 3.05) is 0 Å². The van der Waals surface area contributed by atoms with E-state index in [0.29, 0.717) is 11.8 Å². The Hall–Kier alpha value is -2.68. The zero-order chi connectivity index (χ0) is 17.8. The lowest BCUT2D eigenvalue weighted by Crippen LogP contribution is -1.96. The van der Waals surface area contributed by atoms with Crippen LogP contribution in [0.3, 0.4) is 0 Å². The molecule has 0 spiro atoms. The molecule has 3 aromatic rings. The molecular weight excluding hydrogens is 306 g/mol. The molecule has 0 aliphatic carbocycles. The monoisotopic (exact) mass is 331 g/mol. The van der Waals surface area contributed by atoms with Crippen LogP contribution < -0.4 is 0 Å². The summed E-state index contributed by atoms with van der Waals surface area (Å²) in [5.41, 5.74) is 6.45. The second-order valence-electron chi connectivity index (χ2n) is 6.88. The second kappa shape index (κ2) is 7.47. The van der Waals surface area contributed by atoms with Crippen molar-refractivity contribution in [1.29, 1.82) is 0 Å². The Morgan fingerprint density at radius 3 is 2.16 bits per heavy atom. The van der Waals surface area contributed by atoms with Crippen LogP contribution in [0.1, 0.15) is 56.4 Å². The summed E-state index contributed by atoms with van der Waals surface area (Å²) in [4.78, 5) is 12.7. The van der Waals surface area contributed by atoms with Crippen molar-refractivity contribution in [1.82, 2.24) is 9.97 Å². The number of hydrogen-bond acceptors (Lipinski definition) is 2. The number of benzene rings is 1. The van der Waals surface area contributed by atoms with Crippen molar-refractivity contribution >= 4 is 11.9 Å². The Bertz CT molecular complexity index is 832. The molecule has 2 aromatic heterocycles. The second-order valence-corrected chi connectivity index (χ2v) is 6.88. The van der Waals surface area contributed by atoms with Crippen LogP contribution in [0, 0.1) is 0 Å². The number of pyridine rings is 1. The quantitative estimate of drug-likeness (QED) is 0.566. The number of hydrogen-bond donors (Lipinski definition) is 1.